The van der Waals surface area contributed by atoms with Gasteiger partial charge in [0.05, 0.1) is 0 Å². The van der Waals surface area contributed by atoms with Gasteiger partial charge in [0.1, 0.15) is 0 Å². The molecule has 0 fully saturated rings. The molecule has 0 amide bonds. The molecule has 9 heteroatoms. The Bertz CT molecular complexity index is 101. The Hall–Kier alpha value is 0.862. The summed E-state index contributed by atoms with van der Waals surface area (Å²) in [6, 6.07) is 0. The fourth-order valence-electron chi connectivity index (χ4n) is 0. The average molecular weight is 427 g/mol. The minimum Gasteiger partial charge on any atom is -0.512 e. The van der Waals surface area contributed by atoms with E-state index in [1.807, 2.05) is 0 Å². The molecule has 0 aliphatic heterocycles. The van der Waals surface area contributed by atoms with E-state index in [0.717, 1.165) is 0 Å². The first kappa shape index (κ1) is 74.4. The van der Waals surface area contributed by atoms with Crippen LogP contribution in [0, 0.1) is 71.0 Å². The summed E-state index contributed by atoms with van der Waals surface area (Å²) in [7, 11) is 0. The first-order valence-corrected chi connectivity index (χ1v) is 1.34. The van der Waals surface area contributed by atoms with Gasteiger partial charge in [-0.1, -0.05) is 0 Å². The Kier molecular flexibility index (Phi) is 19100. The molecule has 0 saturated heterocycles. The maximum atomic E-state index is 6.25. The molecule has 0 aromatic rings. The van der Waals surface area contributed by atoms with Crippen molar-refractivity contribution in [1.82, 2.24) is 0 Å². The van der Waals surface area contributed by atoms with Gasteiger partial charge >= 0.3 is 103 Å². The molecule has 15 heavy (non-hydrogen) atoms. The van der Waals surface area contributed by atoms with Gasteiger partial charge in [-0.05, 0) is 0 Å². The summed E-state index contributed by atoms with van der Waals surface area (Å²) in [5.41, 5.74) is 0. The molecule has 0 aliphatic rings. The quantitative estimate of drug-likeness (QED) is 0.279. The predicted molar refractivity (Wildman–Crippen MR) is 29.8 cm³/mol. The predicted octanol–water partition coefficient (Wildman–Crippen LogP) is -5.42. The van der Waals surface area contributed by atoms with Gasteiger partial charge in [0.15, 0.2) is 0 Å². The van der Waals surface area contributed by atoms with Crippen LogP contribution < -0.4 is 103 Å². The van der Waals surface area contributed by atoms with Crippen molar-refractivity contribution >= 4 is 0 Å². The Morgan fingerprint density at radius 3 is 0.333 bits per heavy atom. The van der Waals surface area contributed by atoms with Crippen LogP contribution in [-0.2, 0) is 20.1 Å². The summed E-state index contributed by atoms with van der Waals surface area (Å²) < 4.78 is 0. The Labute approximate surface area is 189 Å². The second kappa shape index (κ2) is 3840. The van der Waals surface area contributed by atoms with E-state index >= 15 is 0 Å². The second-order valence-electron chi connectivity index (χ2n) is 0. The number of hydrogen-bond donors (Lipinski definition) is 0. The smallest absolute Gasteiger partial charge is 0.512 e. The summed E-state index contributed by atoms with van der Waals surface area (Å²) in [6.07, 6.45) is 0. The minimum absolute atomic E-state index is 0. The second-order valence-corrected chi connectivity index (χ2v) is 0. The molecule has 0 heterocycles. The summed E-state index contributed by atoms with van der Waals surface area (Å²) in [4.78, 5) is 0. The van der Waals surface area contributed by atoms with Crippen molar-refractivity contribution in [2.45, 2.75) is 0 Å². The van der Waals surface area contributed by atoms with Crippen LogP contribution >= 0.6 is 0 Å². The van der Waals surface area contributed by atoms with E-state index in [0.29, 0.717) is 0 Å². The summed E-state index contributed by atoms with van der Waals surface area (Å²) in [6.45, 7) is 28.5. The molecular formula is C6IrK2N6-4. The Morgan fingerprint density at radius 2 is 0.333 bits per heavy atom. The summed E-state index contributed by atoms with van der Waals surface area (Å²) in [5.74, 6) is 0. The SMILES string of the molecule is [C-]#N.[C-]#N.[C-]#N.[C-]#N.[C-]#N.[C-]#N.[Ir].[K+].[K+]. The van der Waals surface area contributed by atoms with E-state index in [9.17, 15) is 0 Å². The van der Waals surface area contributed by atoms with Crippen molar-refractivity contribution in [3.05, 3.63) is 39.4 Å². The van der Waals surface area contributed by atoms with Gasteiger partial charge in [0.2, 0.25) is 0 Å². The maximum absolute atomic E-state index is 6.25. The standard InChI is InChI=1S/6CN.Ir.2K/c6*1-2;;;/q6*-1;;2*+1. The topological polar surface area (TPSA) is 143 Å². The zero-order valence-electron chi connectivity index (χ0n) is 8.02. The van der Waals surface area contributed by atoms with E-state index in [1.54, 1.807) is 0 Å². The summed E-state index contributed by atoms with van der Waals surface area (Å²) in [5, 5.41) is 37.5. The third-order valence-electron chi connectivity index (χ3n) is 0. The Morgan fingerprint density at radius 1 is 0.333 bits per heavy atom. The van der Waals surface area contributed by atoms with Crippen LogP contribution in [0.4, 0.5) is 0 Å². The molecule has 0 aromatic carbocycles. The van der Waals surface area contributed by atoms with Crippen LogP contribution in [0.1, 0.15) is 0 Å². The maximum Gasteiger partial charge on any atom is 1.00 e. The molecule has 0 atom stereocenters. The van der Waals surface area contributed by atoms with Crippen molar-refractivity contribution in [3.8, 4) is 0 Å². The van der Waals surface area contributed by atoms with Crippen LogP contribution in [0.2, 0.25) is 0 Å². The zero-order valence-corrected chi connectivity index (χ0v) is 16.7. The number of hydrogen-bond acceptors (Lipinski definition) is 6. The fourth-order valence-corrected chi connectivity index (χ4v) is 0. The normalized spacial score (nSPS) is 0.800. The third kappa shape index (κ3) is 3310. The monoisotopic (exact) mass is 427 g/mol. The average Bonchev–Trinajstić information content (AvgIpc) is 2.33. The molecule has 0 rings (SSSR count). The van der Waals surface area contributed by atoms with Crippen molar-refractivity contribution in [2.24, 2.45) is 0 Å². The molecule has 0 unspecified atom stereocenters. The fraction of sp³-hybridized carbons (Fsp3) is 0. The molecule has 0 spiro atoms. The molecular weight excluding hydrogens is 427 g/mol. The van der Waals surface area contributed by atoms with Crippen LogP contribution in [0.3, 0.4) is 0 Å². The largest absolute Gasteiger partial charge is 1.00 e. The van der Waals surface area contributed by atoms with E-state index in [1.165, 1.54) is 0 Å². The van der Waals surface area contributed by atoms with Gasteiger partial charge in [-0.25, -0.2) is 0 Å². The van der Waals surface area contributed by atoms with E-state index in [-0.39, 0.29) is 123 Å². The third-order valence-corrected chi connectivity index (χ3v) is 0. The van der Waals surface area contributed by atoms with Crippen LogP contribution in [-0.4, -0.2) is 0 Å². The molecule has 6 nitrogen and oxygen atoms in total. The Balaban J connectivity index is -0.00000000396. The molecule has 0 aliphatic carbocycles. The molecule has 0 N–H and O–H groups in total. The minimum atomic E-state index is 0. The van der Waals surface area contributed by atoms with Gasteiger partial charge in [-0.2, -0.15) is 0 Å². The number of rotatable bonds is 0. The first-order valence-electron chi connectivity index (χ1n) is 1.34. The van der Waals surface area contributed by atoms with Crippen LogP contribution in [0.25, 0.3) is 0 Å². The first-order chi connectivity index (χ1) is 6.00. The molecule has 0 aromatic heterocycles. The number of nitrogens with zero attached hydrogens (tertiary/aromatic N) is 6. The summed E-state index contributed by atoms with van der Waals surface area (Å²) >= 11 is 0. The van der Waals surface area contributed by atoms with E-state index < -0.39 is 0 Å². The van der Waals surface area contributed by atoms with Gasteiger partial charge in [0, 0.05) is 20.1 Å². The molecule has 0 bridgehead atoms. The van der Waals surface area contributed by atoms with Crippen molar-refractivity contribution < 1.29 is 123 Å². The van der Waals surface area contributed by atoms with E-state index in [2.05, 4.69) is 0 Å². The zero-order chi connectivity index (χ0) is 12.0. The van der Waals surface area contributed by atoms with Crippen LogP contribution in [0.15, 0.2) is 0 Å². The van der Waals surface area contributed by atoms with Crippen LogP contribution in [0.5, 0.6) is 0 Å². The van der Waals surface area contributed by atoms with Gasteiger partial charge in [-0.3, -0.25) is 0 Å². The van der Waals surface area contributed by atoms with Gasteiger partial charge in [-0.15, -0.1) is 0 Å². The van der Waals surface area contributed by atoms with Gasteiger partial charge < -0.3 is 71.0 Å². The molecule has 0 saturated carbocycles. The van der Waals surface area contributed by atoms with Crippen molar-refractivity contribution in [2.75, 3.05) is 0 Å². The molecule has 1 radical (unpaired) electrons. The van der Waals surface area contributed by atoms with E-state index in [4.69, 9.17) is 71.0 Å². The van der Waals surface area contributed by atoms with Crippen molar-refractivity contribution in [1.29, 1.82) is 31.6 Å². The van der Waals surface area contributed by atoms with Crippen molar-refractivity contribution in [3.63, 3.8) is 0 Å². The van der Waals surface area contributed by atoms with Gasteiger partial charge in [0.25, 0.3) is 0 Å². The molecule has 69 valence electrons.